The molecule has 0 spiro atoms. The largest absolute Gasteiger partial charge is 0.455 e. The lowest BCUT2D eigenvalue weighted by Gasteiger charge is -2.09. The van der Waals surface area contributed by atoms with Gasteiger partial charge in [-0.05, 0) is 90.1 Å². The average molecular weight is 901 g/mol. The third kappa shape index (κ3) is 6.43. The maximum Gasteiger partial charge on any atom is 0.226 e. The Morgan fingerprint density at radius 1 is 0.333 bits per heavy atom. The topological polar surface area (TPSA) is 67.6 Å². The van der Waals surface area contributed by atoms with Crippen molar-refractivity contribution in [3.63, 3.8) is 0 Å². The van der Waals surface area contributed by atoms with E-state index in [2.05, 4.69) is 191 Å². The van der Waals surface area contributed by atoms with E-state index in [9.17, 15) is 0 Å². The van der Waals surface area contributed by atoms with Gasteiger partial charge < -0.3 is 9.40 Å². The number of fused-ring (bicyclic) bond motifs is 13. The second-order valence-corrected chi connectivity index (χ2v) is 18.0. The first kappa shape index (κ1) is 39.3. The number of nitrogens with zero attached hydrogens (tertiary/aromatic N) is 3. The SMILES string of the molecule is Clc1nc(-c2ccc(-c3ccccc3)cc2)nc(-c2ccc(-c3cccc(-c4ccc5c(ccc6oc7c(-c8cccc9c8[nH]c8c%10ccccc%10c%10ccccc%10c98)cccc7c65)c4)c3)cc2)n1. The predicted molar refractivity (Wildman–Crippen MR) is 287 cm³/mol. The van der Waals surface area contributed by atoms with Gasteiger partial charge in [-0.3, -0.25) is 0 Å². The van der Waals surface area contributed by atoms with Crippen LogP contribution in [0.25, 0.3) is 143 Å². The van der Waals surface area contributed by atoms with Crippen molar-refractivity contribution in [2.75, 3.05) is 0 Å². The zero-order chi connectivity index (χ0) is 45.6. The summed E-state index contributed by atoms with van der Waals surface area (Å²) in [5, 5.41) is 12.1. The minimum Gasteiger partial charge on any atom is -0.455 e. The molecule has 5 nitrogen and oxygen atoms in total. The van der Waals surface area contributed by atoms with Crippen molar-refractivity contribution in [3.05, 3.63) is 224 Å². The molecule has 0 fully saturated rings. The fraction of sp³-hybridized carbons (Fsp3) is 0. The summed E-state index contributed by atoms with van der Waals surface area (Å²) in [6, 6.07) is 77.2. The van der Waals surface area contributed by atoms with Crippen LogP contribution in [0.15, 0.2) is 223 Å². The highest BCUT2D eigenvalue weighted by molar-refractivity contribution is 6.32. The molecule has 0 atom stereocenters. The Morgan fingerprint density at radius 2 is 0.855 bits per heavy atom. The van der Waals surface area contributed by atoms with Crippen LogP contribution < -0.4 is 0 Å². The summed E-state index contributed by atoms with van der Waals surface area (Å²) in [5.74, 6) is 1.06. The Morgan fingerprint density at radius 3 is 1.59 bits per heavy atom. The van der Waals surface area contributed by atoms with Crippen LogP contribution in [0.4, 0.5) is 0 Å². The van der Waals surface area contributed by atoms with Crippen molar-refractivity contribution in [1.29, 1.82) is 0 Å². The van der Waals surface area contributed by atoms with E-state index in [-0.39, 0.29) is 5.28 Å². The average Bonchev–Trinajstić information content (AvgIpc) is 4.01. The van der Waals surface area contributed by atoms with Crippen molar-refractivity contribution < 1.29 is 4.42 Å². The van der Waals surface area contributed by atoms with Gasteiger partial charge in [-0.1, -0.05) is 200 Å². The lowest BCUT2D eigenvalue weighted by molar-refractivity contribution is 0.670. The number of H-pyrrole nitrogens is 1. The van der Waals surface area contributed by atoms with Gasteiger partial charge in [0.1, 0.15) is 11.2 Å². The molecule has 0 amide bonds. The third-order valence-corrected chi connectivity index (χ3v) is 14.0. The van der Waals surface area contributed by atoms with Gasteiger partial charge in [0.25, 0.3) is 0 Å². The number of para-hydroxylation sites is 2. The predicted octanol–water partition coefficient (Wildman–Crippen LogP) is 17.5. The molecular formula is C63H37ClN4O. The normalized spacial score (nSPS) is 11.8. The standard InChI is InChI=1S/C63H37ClN4O/c64-63-67-61(40-27-23-38(24-28-40)37-11-2-1-3-12-37)66-62(68-63)41-29-25-39(26-30-41)42-13-8-14-43(35-42)44-31-33-46-45(36-44)32-34-55-56(46)54-22-10-20-52(60(54)69-55)51-19-9-21-53-57-49-17-6-4-15-47(49)48-16-5-7-18-50(48)59(57)65-58(51)53/h1-36,65H. The van der Waals surface area contributed by atoms with Crippen molar-refractivity contribution >= 4 is 87.7 Å². The van der Waals surface area contributed by atoms with Crippen molar-refractivity contribution in [1.82, 2.24) is 19.9 Å². The van der Waals surface area contributed by atoms with E-state index in [0.29, 0.717) is 11.6 Å². The first-order valence-electron chi connectivity index (χ1n) is 23.1. The van der Waals surface area contributed by atoms with Crippen LogP contribution in [0, 0.1) is 0 Å². The summed E-state index contributed by atoms with van der Waals surface area (Å²) >= 11 is 6.48. The first-order valence-corrected chi connectivity index (χ1v) is 23.5. The molecule has 3 heterocycles. The minimum atomic E-state index is 0.156. The highest BCUT2D eigenvalue weighted by atomic mass is 35.5. The Balaban J connectivity index is 0.790. The van der Waals surface area contributed by atoms with E-state index >= 15 is 0 Å². The molecule has 1 N–H and O–H groups in total. The molecule has 0 saturated carbocycles. The lowest BCUT2D eigenvalue weighted by Crippen LogP contribution is -1.97. The molecule has 14 rings (SSSR count). The Labute approximate surface area is 401 Å². The second kappa shape index (κ2) is 15.6. The van der Waals surface area contributed by atoms with E-state index in [1.807, 2.05) is 42.5 Å². The monoisotopic (exact) mass is 900 g/mol. The Bertz CT molecular complexity index is 4360. The molecule has 322 valence electrons. The highest BCUT2D eigenvalue weighted by Gasteiger charge is 2.20. The van der Waals surface area contributed by atoms with Crippen LogP contribution in [-0.2, 0) is 0 Å². The number of halogens is 1. The minimum absolute atomic E-state index is 0.156. The number of hydrogen-bond donors (Lipinski definition) is 1. The van der Waals surface area contributed by atoms with E-state index in [1.54, 1.807) is 0 Å². The summed E-state index contributed by atoms with van der Waals surface area (Å²) in [5.41, 5.74) is 14.7. The molecule has 3 aromatic heterocycles. The highest BCUT2D eigenvalue weighted by Crippen LogP contribution is 2.45. The smallest absolute Gasteiger partial charge is 0.226 e. The van der Waals surface area contributed by atoms with E-state index in [4.69, 9.17) is 21.0 Å². The summed E-state index contributed by atoms with van der Waals surface area (Å²) in [6.45, 7) is 0. The molecular weight excluding hydrogens is 864 g/mol. The maximum atomic E-state index is 6.84. The molecule has 0 bridgehead atoms. The van der Waals surface area contributed by atoms with Gasteiger partial charge in [-0.15, -0.1) is 0 Å². The van der Waals surface area contributed by atoms with Crippen LogP contribution in [0.3, 0.4) is 0 Å². The summed E-state index contributed by atoms with van der Waals surface area (Å²) in [4.78, 5) is 17.7. The van der Waals surface area contributed by atoms with Gasteiger partial charge >= 0.3 is 0 Å². The van der Waals surface area contributed by atoms with Crippen molar-refractivity contribution in [2.24, 2.45) is 0 Å². The molecule has 0 saturated heterocycles. The van der Waals surface area contributed by atoms with Crippen molar-refractivity contribution in [3.8, 4) is 67.3 Å². The second-order valence-electron chi connectivity index (χ2n) is 17.7. The van der Waals surface area contributed by atoms with E-state index in [1.165, 1.54) is 32.3 Å². The molecule has 69 heavy (non-hydrogen) atoms. The van der Waals surface area contributed by atoms with Gasteiger partial charge in [0.2, 0.25) is 5.28 Å². The van der Waals surface area contributed by atoms with Gasteiger partial charge in [-0.2, -0.15) is 9.97 Å². The molecule has 6 heteroatoms. The third-order valence-electron chi connectivity index (χ3n) is 13.8. The van der Waals surface area contributed by atoms with Gasteiger partial charge in [0, 0.05) is 49.2 Å². The number of aromatic nitrogens is 4. The fourth-order valence-corrected chi connectivity index (χ4v) is 10.7. The Kier molecular flexibility index (Phi) is 8.88. The Hall–Kier alpha value is -8.90. The number of rotatable bonds is 6. The zero-order valence-corrected chi connectivity index (χ0v) is 37.7. The summed E-state index contributed by atoms with van der Waals surface area (Å²) in [6.07, 6.45) is 0. The number of aromatic amines is 1. The van der Waals surface area contributed by atoms with Gasteiger partial charge in [0.05, 0.1) is 11.0 Å². The van der Waals surface area contributed by atoms with Gasteiger partial charge in [-0.25, -0.2) is 4.98 Å². The quantitative estimate of drug-likeness (QED) is 0.169. The number of benzene rings is 11. The number of hydrogen-bond acceptors (Lipinski definition) is 4. The molecule has 0 radical (unpaired) electrons. The molecule has 11 aromatic carbocycles. The van der Waals surface area contributed by atoms with Crippen LogP contribution in [0.5, 0.6) is 0 Å². The maximum absolute atomic E-state index is 6.84. The molecule has 0 unspecified atom stereocenters. The molecule has 0 aliphatic carbocycles. The summed E-state index contributed by atoms with van der Waals surface area (Å²) < 4.78 is 6.84. The fourth-order valence-electron chi connectivity index (χ4n) is 10.6. The first-order chi connectivity index (χ1) is 34.1. The van der Waals surface area contributed by atoms with Crippen LogP contribution in [-0.4, -0.2) is 19.9 Å². The number of furan rings is 1. The van der Waals surface area contributed by atoms with Crippen LogP contribution in [0.1, 0.15) is 0 Å². The van der Waals surface area contributed by atoms with E-state index < -0.39 is 0 Å². The molecule has 0 aliphatic rings. The van der Waals surface area contributed by atoms with Crippen LogP contribution in [0.2, 0.25) is 5.28 Å². The summed E-state index contributed by atoms with van der Waals surface area (Å²) in [7, 11) is 0. The van der Waals surface area contributed by atoms with Gasteiger partial charge in [0.15, 0.2) is 11.6 Å². The van der Waals surface area contributed by atoms with E-state index in [0.717, 1.165) is 99.4 Å². The van der Waals surface area contributed by atoms with Crippen LogP contribution >= 0.6 is 11.6 Å². The lowest BCUT2D eigenvalue weighted by atomic mass is 9.94. The zero-order valence-electron chi connectivity index (χ0n) is 36.9. The number of nitrogens with one attached hydrogen (secondary N) is 1. The molecule has 14 aromatic rings. The molecule has 0 aliphatic heterocycles. The van der Waals surface area contributed by atoms with Crippen molar-refractivity contribution in [2.45, 2.75) is 0 Å².